The van der Waals surface area contributed by atoms with Gasteiger partial charge < -0.3 is 8.92 Å². The molecule has 64 valence electrons. The van der Waals surface area contributed by atoms with Crippen LogP contribution in [0.4, 0.5) is 0 Å². The van der Waals surface area contributed by atoms with E-state index in [4.69, 9.17) is 0 Å². The Bertz CT molecular complexity index is 250. The van der Waals surface area contributed by atoms with Gasteiger partial charge in [-0.1, -0.05) is 0 Å². The second kappa shape index (κ2) is 3.97. The number of hydrogen-bond donors (Lipinski definition) is 0. The predicted molar refractivity (Wildman–Crippen MR) is 37.1 cm³/mol. The zero-order chi connectivity index (χ0) is 8.91. The summed E-state index contributed by atoms with van der Waals surface area (Å²) in [6.45, 7) is 0. The van der Waals surface area contributed by atoms with Gasteiger partial charge in [0.15, 0.2) is 0 Å². The SMILES string of the molecule is COC(=O)C=COS(C)(=O)=O. The molecule has 0 rings (SSSR count). The molecule has 0 aliphatic rings. The highest BCUT2D eigenvalue weighted by Crippen LogP contribution is 1.87. The first-order chi connectivity index (χ1) is 4.95. The van der Waals surface area contributed by atoms with E-state index < -0.39 is 16.1 Å². The van der Waals surface area contributed by atoms with Gasteiger partial charge in [0.25, 0.3) is 0 Å². The summed E-state index contributed by atoms with van der Waals surface area (Å²) in [4.78, 5) is 10.3. The molecule has 5 nitrogen and oxygen atoms in total. The van der Waals surface area contributed by atoms with Gasteiger partial charge in [-0.05, 0) is 0 Å². The van der Waals surface area contributed by atoms with Crippen LogP contribution >= 0.6 is 0 Å². The van der Waals surface area contributed by atoms with Crippen LogP contribution in [0, 0.1) is 0 Å². The van der Waals surface area contributed by atoms with Crippen molar-refractivity contribution in [1.29, 1.82) is 0 Å². The molecule has 0 unspecified atom stereocenters. The summed E-state index contributed by atoms with van der Waals surface area (Å²) in [5.41, 5.74) is 0. The van der Waals surface area contributed by atoms with Gasteiger partial charge in [-0.25, -0.2) is 4.79 Å². The third kappa shape index (κ3) is 6.85. The summed E-state index contributed by atoms with van der Waals surface area (Å²) in [6, 6.07) is 0. The average Bonchev–Trinajstić information content (AvgIpc) is 1.85. The molecule has 0 radical (unpaired) electrons. The van der Waals surface area contributed by atoms with Gasteiger partial charge in [0, 0.05) is 0 Å². The van der Waals surface area contributed by atoms with E-state index >= 15 is 0 Å². The van der Waals surface area contributed by atoms with Crippen molar-refractivity contribution >= 4 is 16.1 Å². The Morgan fingerprint density at radius 2 is 2.00 bits per heavy atom. The molecular weight excluding hydrogens is 172 g/mol. The van der Waals surface area contributed by atoms with Crippen molar-refractivity contribution < 1.29 is 22.1 Å². The van der Waals surface area contributed by atoms with Crippen molar-refractivity contribution in [2.24, 2.45) is 0 Å². The summed E-state index contributed by atoms with van der Waals surface area (Å²) in [6.07, 6.45) is 2.48. The lowest BCUT2D eigenvalue weighted by molar-refractivity contribution is -0.134. The molecule has 0 aromatic rings. The first-order valence-corrected chi connectivity index (χ1v) is 4.40. The highest BCUT2D eigenvalue weighted by Gasteiger charge is 1.97. The van der Waals surface area contributed by atoms with Gasteiger partial charge in [0.2, 0.25) is 0 Å². The monoisotopic (exact) mass is 180 g/mol. The van der Waals surface area contributed by atoms with Crippen LogP contribution in [0.15, 0.2) is 12.3 Å². The van der Waals surface area contributed by atoms with Crippen LogP contribution in [0.3, 0.4) is 0 Å². The van der Waals surface area contributed by atoms with Gasteiger partial charge in [-0.3, -0.25) is 0 Å². The predicted octanol–water partition coefficient (Wildman–Crippen LogP) is -0.351. The van der Waals surface area contributed by atoms with Crippen LogP contribution in [0.5, 0.6) is 0 Å². The van der Waals surface area contributed by atoms with E-state index in [1.807, 2.05) is 0 Å². The number of methoxy groups -OCH3 is 1. The van der Waals surface area contributed by atoms with Gasteiger partial charge in [0.05, 0.1) is 19.4 Å². The van der Waals surface area contributed by atoms with Gasteiger partial charge in [0.1, 0.15) is 6.26 Å². The van der Waals surface area contributed by atoms with E-state index in [2.05, 4.69) is 8.92 Å². The summed E-state index contributed by atoms with van der Waals surface area (Å²) in [5, 5.41) is 0. The third-order valence-electron chi connectivity index (χ3n) is 0.636. The number of rotatable bonds is 3. The number of hydrogen-bond acceptors (Lipinski definition) is 5. The Kier molecular flexibility index (Phi) is 3.59. The van der Waals surface area contributed by atoms with Gasteiger partial charge in [-0.15, -0.1) is 0 Å². The first kappa shape index (κ1) is 9.96. The highest BCUT2D eigenvalue weighted by atomic mass is 32.2. The van der Waals surface area contributed by atoms with Crippen molar-refractivity contribution in [3.63, 3.8) is 0 Å². The fourth-order valence-electron chi connectivity index (χ4n) is 0.252. The molecule has 0 saturated heterocycles. The van der Waals surface area contributed by atoms with E-state index in [1.54, 1.807) is 0 Å². The molecule has 0 amide bonds. The molecule has 11 heavy (non-hydrogen) atoms. The standard InChI is InChI=1S/C5H8O5S/c1-9-5(6)3-4-10-11(2,7)8/h3-4H,1-2H3. The lowest BCUT2D eigenvalue weighted by Gasteiger charge is -1.93. The lowest BCUT2D eigenvalue weighted by atomic mass is 10.6. The minimum Gasteiger partial charge on any atom is -0.466 e. The minimum absolute atomic E-state index is 0.673. The van der Waals surface area contributed by atoms with Crippen LogP contribution < -0.4 is 0 Å². The molecule has 0 aliphatic heterocycles. The molecule has 0 aliphatic carbocycles. The fourth-order valence-corrected chi connectivity index (χ4v) is 0.510. The van der Waals surface area contributed by atoms with Gasteiger partial charge >= 0.3 is 16.1 Å². The van der Waals surface area contributed by atoms with Crippen molar-refractivity contribution in [1.82, 2.24) is 0 Å². The summed E-state index contributed by atoms with van der Waals surface area (Å²) in [5.74, 6) is -0.673. The van der Waals surface area contributed by atoms with E-state index in [-0.39, 0.29) is 0 Å². The molecule has 0 atom stereocenters. The molecule has 0 aromatic heterocycles. The van der Waals surface area contributed by atoms with Gasteiger partial charge in [-0.2, -0.15) is 8.42 Å². The Morgan fingerprint density at radius 1 is 1.45 bits per heavy atom. The quantitative estimate of drug-likeness (QED) is 0.257. The molecule has 6 heteroatoms. The maximum Gasteiger partial charge on any atom is 0.333 e. The number of carbonyl (C=O) groups is 1. The van der Waals surface area contributed by atoms with E-state index in [1.165, 1.54) is 7.11 Å². The minimum atomic E-state index is -3.52. The van der Waals surface area contributed by atoms with Crippen molar-refractivity contribution in [3.8, 4) is 0 Å². The van der Waals surface area contributed by atoms with Crippen molar-refractivity contribution in [2.45, 2.75) is 0 Å². The van der Waals surface area contributed by atoms with Crippen LogP contribution in [0.1, 0.15) is 0 Å². The molecule has 0 fully saturated rings. The maximum absolute atomic E-state index is 10.3. The number of ether oxygens (including phenoxy) is 1. The fraction of sp³-hybridized carbons (Fsp3) is 0.400. The zero-order valence-corrected chi connectivity index (χ0v) is 6.92. The molecular formula is C5H8O5S. The molecule has 0 bridgehead atoms. The second-order valence-corrected chi connectivity index (χ2v) is 3.23. The molecule has 0 N–H and O–H groups in total. The van der Waals surface area contributed by atoms with Crippen LogP contribution in [-0.2, 0) is 23.8 Å². The summed E-state index contributed by atoms with van der Waals surface area (Å²) < 4.78 is 28.8. The van der Waals surface area contributed by atoms with E-state index in [9.17, 15) is 13.2 Å². The first-order valence-electron chi connectivity index (χ1n) is 2.58. The largest absolute Gasteiger partial charge is 0.466 e. The summed E-state index contributed by atoms with van der Waals surface area (Å²) >= 11 is 0. The van der Waals surface area contributed by atoms with Crippen LogP contribution in [0.25, 0.3) is 0 Å². The Morgan fingerprint density at radius 3 is 2.36 bits per heavy atom. The van der Waals surface area contributed by atoms with Crippen LogP contribution in [0.2, 0.25) is 0 Å². The third-order valence-corrected chi connectivity index (χ3v) is 1.10. The lowest BCUT2D eigenvalue weighted by Crippen LogP contribution is -1.99. The summed E-state index contributed by atoms with van der Waals surface area (Å²) in [7, 11) is -2.35. The maximum atomic E-state index is 10.3. The molecule has 0 saturated carbocycles. The molecule has 0 aromatic carbocycles. The zero-order valence-electron chi connectivity index (χ0n) is 6.10. The topological polar surface area (TPSA) is 69.7 Å². The van der Waals surface area contributed by atoms with E-state index in [0.29, 0.717) is 0 Å². The molecule has 0 spiro atoms. The molecule has 0 heterocycles. The number of carbonyl (C=O) groups excluding carboxylic acids is 1. The Hall–Kier alpha value is -1.04. The smallest absolute Gasteiger partial charge is 0.333 e. The number of esters is 1. The Labute approximate surface area is 64.7 Å². The second-order valence-electron chi connectivity index (χ2n) is 1.63. The highest BCUT2D eigenvalue weighted by molar-refractivity contribution is 7.86. The van der Waals surface area contributed by atoms with E-state index in [0.717, 1.165) is 18.6 Å². The Balaban J connectivity index is 3.89. The normalized spacial score (nSPS) is 11.5. The van der Waals surface area contributed by atoms with Crippen molar-refractivity contribution in [3.05, 3.63) is 12.3 Å². The average molecular weight is 180 g/mol. The van der Waals surface area contributed by atoms with Crippen molar-refractivity contribution in [2.75, 3.05) is 13.4 Å². The van der Waals surface area contributed by atoms with Crippen LogP contribution in [-0.4, -0.2) is 27.8 Å².